The van der Waals surface area contributed by atoms with Gasteiger partial charge in [-0.15, -0.1) is 0 Å². The van der Waals surface area contributed by atoms with Crippen molar-refractivity contribution in [1.82, 2.24) is 10.2 Å². The molecule has 2 N–H and O–H groups in total. The smallest absolute Gasteiger partial charge is 0.251 e. The first-order valence-corrected chi connectivity index (χ1v) is 8.01. The summed E-state index contributed by atoms with van der Waals surface area (Å²) >= 11 is 5.68. The van der Waals surface area contributed by atoms with Crippen LogP contribution in [-0.4, -0.2) is 37.4 Å². The first-order valence-electron chi connectivity index (χ1n) is 7.63. The van der Waals surface area contributed by atoms with Gasteiger partial charge in [0.15, 0.2) is 0 Å². The number of rotatable bonds is 6. The molecule has 0 saturated carbocycles. The lowest BCUT2D eigenvalue weighted by Gasteiger charge is -2.17. The number of anilines is 1. The molecule has 0 aliphatic carbocycles. The molecule has 0 atom stereocenters. The van der Waals surface area contributed by atoms with E-state index in [2.05, 4.69) is 10.6 Å². The maximum Gasteiger partial charge on any atom is 0.251 e. The van der Waals surface area contributed by atoms with E-state index in [9.17, 15) is 14.0 Å². The zero-order chi connectivity index (χ0) is 18.4. The van der Waals surface area contributed by atoms with Crippen molar-refractivity contribution in [3.8, 4) is 0 Å². The number of carbonyl (C=O) groups is 2. The van der Waals surface area contributed by atoms with E-state index in [0.717, 1.165) is 11.6 Å². The van der Waals surface area contributed by atoms with E-state index in [1.807, 2.05) is 12.1 Å². The highest BCUT2D eigenvalue weighted by molar-refractivity contribution is 6.30. The predicted molar refractivity (Wildman–Crippen MR) is 96.2 cm³/mol. The average Bonchev–Trinajstić information content (AvgIpc) is 2.57. The van der Waals surface area contributed by atoms with Crippen LogP contribution in [0, 0.1) is 5.82 Å². The Morgan fingerprint density at radius 1 is 1.16 bits per heavy atom. The van der Waals surface area contributed by atoms with Gasteiger partial charge < -0.3 is 10.6 Å². The van der Waals surface area contributed by atoms with Gasteiger partial charge in [0.2, 0.25) is 5.91 Å². The van der Waals surface area contributed by atoms with Gasteiger partial charge in [0.05, 0.1) is 12.2 Å². The molecule has 0 aliphatic rings. The molecule has 2 aromatic rings. The summed E-state index contributed by atoms with van der Waals surface area (Å²) in [6.45, 7) is 0.615. The Kier molecular flexibility index (Phi) is 6.50. The quantitative estimate of drug-likeness (QED) is 0.829. The van der Waals surface area contributed by atoms with Crippen molar-refractivity contribution < 1.29 is 14.0 Å². The molecule has 0 aliphatic heterocycles. The Labute approximate surface area is 150 Å². The summed E-state index contributed by atoms with van der Waals surface area (Å²) in [5.74, 6) is -1.05. The zero-order valence-corrected chi connectivity index (χ0v) is 14.7. The molecule has 0 unspecified atom stereocenters. The van der Waals surface area contributed by atoms with E-state index < -0.39 is 5.82 Å². The number of hydrogen-bond donors (Lipinski definition) is 2. The highest BCUT2D eigenvalue weighted by Crippen LogP contribution is 2.18. The molecule has 0 fully saturated rings. The summed E-state index contributed by atoms with van der Waals surface area (Å²) < 4.78 is 13.7. The van der Waals surface area contributed by atoms with Crippen LogP contribution in [0.2, 0.25) is 5.02 Å². The highest BCUT2D eigenvalue weighted by Gasteiger charge is 2.11. The lowest BCUT2D eigenvalue weighted by molar-refractivity contribution is -0.117. The minimum absolute atomic E-state index is 0.0951. The number of halogens is 2. The van der Waals surface area contributed by atoms with Crippen molar-refractivity contribution in [3.05, 3.63) is 64.4 Å². The molecule has 2 aromatic carbocycles. The van der Waals surface area contributed by atoms with Crippen LogP contribution in [0.3, 0.4) is 0 Å². The van der Waals surface area contributed by atoms with Crippen molar-refractivity contribution >= 4 is 29.1 Å². The number of carbonyl (C=O) groups excluding carboxylic acids is 2. The van der Waals surface area contributed by atoms with E-state index in [1.54, 1.807) is 31.1 Å². The molecule has 0 heterocycles. The van der Waals surface area contributed by atoms with Crippen LogP contribution in [0.1, 0.15) is 15.9 Å². The molecule has 2 rings (SSSR count). The van der Waals surface area contributed by atoms with Gasteiger partial charge in [0.25, 0.3) is 5.91 Å². The van der Waals surface area contributed by atoms with Gasteiger partial charge in [-0.3, -0.25) is 14.5 Å². The molecular weight excluding hydrogens is 345 g/mol. The molecule has 0 spiro atoms. The minimum Gasteiger partial charge on any atom is -0.355 e. The first kappa shape index (κ1) is 18.9. The molecule has 0 aromatic heterocycles. The Morgan fingerprint density at radius 2 is 1.84 bits per heavy atom. The second-order valence-corrected chi connectivity index (χ2v) is 6.06. The number of amides is 2. The second kappa shape index (κ2) is 8.60. The van der Waals surface area contributed by atoms with Gasteiger partial charge in [0.1, 0.15) is 5.82 Å². The highest BCUT2D eigenvalue weighted by atomic mass is 35.5. The fourth-order valence-corrected chi connectivity index (χ4v) is 2.46. The molecular formula is C18H19ClFN3O2. The van der Waals surface area contributed by atoms with E-state index in [1.165, 1.54) is 12.1 Å². The molecule has 0 radical (unpaired) electrons. The first-order chi connectivity index (χ1) is 11.9. The number of nitrogens with one attached hydrogen (secondary N) is 2. The number of benzene rings is 2. The SMILES string of the molecule is CNC(=O)c1ccc(CN(C)CC(=O)Nc2ccc(Cl)cc2F)cc1. The number of nitrogens with zero attached hydrogens (tertiary/aromatic N) is 1. The van der Waals surface area contributed by atoms with Gasteiger partial charge in [-0.2, -0.15) is 0 Å². The van der Waals surface area contributed by atoms with Gasteiger partial charge >= 0.3 is 0 Å². The monoisotopic (exact) mass is 363 g/mol. The Hall–Kier alpha value is -2.44. The maximum atomic E-state index is 13.7. The van der Waals surface area contributed by atoms with Crippen molar-refractivity contribution in [2.75, 3.05) is 26.0 Å². The predicted octanol–water partition coefficient (Wildman–Crippen LogP) is 2.91. The van der Waals surface area contributed by atoms with Crippen LogP contribution in [0.4, 0.5) is 10.1 Å². The average molecular weight is 364 g/mol. The molecule has 0 bridgehead atoms. The lowest BCUT2D eigenvalue weighted by atomic mass is 10.1. The van der Waals surface area contributed by atoms with Crippen molar-refractivity contribution in [2.24, 2.45) is 0 Å². The largest absolute Gasteiger partial charge is 0.355 e. The maximum absolute atomic E-state index is 13.7. The van der Waals surface area contributed by atoms with E-state index >= 15 is 0 Å². The molecule has 2 amide bonds. The topological polar surface area (TPSA) is 61.4 Å². The van der Waals surface area contributed by atoms with Crippen molar-refractivity contribution in [3.63, 3.8) is 0 Å². The summed E-state index contributed by atoms with van der Waals surface area (Å²) in [5.41, 5.74) is 1.63. The molecule has 5 nitrogen and oxygen atoms in total. The molecule has 132 valence electrons. The second-order valence-electron chi connectivity index (χ2n) is 5.62. The van der Waals surface area contributed by atoms with Gasteiger partial charge in [-0.1, -0.05) is 23.7 Å². The van der Waals surface area contributed by atoms with Crippen LogP contribution in [0.5, 0.6) is 0 Å². The van der Waals surface area contributed by atoms with Crippen LogP contribution in [0.15, 0.2) is 42.5 Å². The van der Waals surface area contributed by atoms with Crippen molar-refractivity contribution in [1.29, 1.82) is 0 Å². The van der Waals surface area contributed by atoms with Gasteiger partial charge in [0, 0.05) is 24.2 Å². The Morgan fingerprint density at radius 3 is 2.44 bits per heavy atom. The van der Waals surface area contributed by atoms with Gasteiger partial charge in [-0.25, -0.2) is 4.39 Å². The fourth-order valence-electron chi connectivity index (χ4n) is 2.30. The Balaban J connectivity index is 1.89. The van der Waals surface area contributed by atoms with Gasteiger partial charge in [-0.05, 0) is 42.9 Å². The number of hydrogen-bond acceptors (Lipinski definition) is 3. The molecule has 25 heavy (non-hydrogen) atoms. The van der Waals surface area contributed by atoms with E-state index in [0.29, 0.717) is 12.1 Å². The van der Waals surface area contributed by atoms with Crippen LogP contribution < -0.4 is 10.6 Å². The molecule has 7 heteroatoms. The summed E-state index contributed by atoms with van der Waals surface area (Å²) in [5, 5.41) is 5.35. The standard InChI is InChI=1S/C18H19ClFN3O2/c1-21-18(25)13-5-3-12(4-6-13)10-23(2)11-17(24)22-16-8-7-14(19)9-15(16)20/h3-9H,10-11H2,1-2H3,(H,21,25)(H,22,24). The summed E-state index contributed by atoms with van der Waals surface area (Å²) in [6, 6.07) is 11.2. The lowest BCUT2D eigenvalue weighted by Crippen LogP contribution is -2.30. The third kappa shape index (κ3) is 5.55. The van der Waals surface area contributed by atoms with E-state index in [-0.39, 0.29) is 29.1 Å². The minimum atomic E-state index is -0.576. The summed E-state index contributed by atoms with van der Waals surface area (Å²) in [7, 11) is 3.36. The molecule has 0 saturated heterocycles. The third-order valence-corrected chi connectivity index (χ3v) is 3.75. The van der Waals surface area contributed by atoms with Crippen LogP contribution >= 0.6 is 11.6 Å². The summed E-state index contributed by atoms with van der Waals surface area (Å²) in [4.78, 5) is 25.3. The van der Waals surface area contributed by atoms with Crippen LogP contribution in [-0.2, 0) is 11.3 Å². The van der Waals surface area contributed by atoms with E-state index in [4.69, 9.17) is 11.6 Å². The third-order valence-electron chi connectivity index (χ3n) is 3.51. The van der Waals surface area contributed by atoms with Crippen molar-refractivity contribution in [2.45, 2.75) is 6.54 Å². The summed E-state index contributed by atoms with van der Waals surface area (Å²) in [6.07, 6.45) is 0. The zero-order valence-electron chi connectivity index (χ0n) is 14.0. The van der Waals surface area contributed by atoms with Crippen LogP contribution in [0.25, 0.3) is 0 Å². The number of likely N-dealkylation sites (N-methyl/N-ethyl adjacent to an activating group) is 1. The Bertz CT molecular complexity index is 765. The normalized spacial score (nSPS) is 10.6. The fraction of sp³-hybridized carbons (Fsp3) is 0.222.